The second kappa shape index (κ2) is 13.2. The normalized spacial score (nSPS) is 8.58. The number of benzene rings is 1. The van der Waals surface area contributed by atoms with Crippen molar-refractivity contribution in [2.24, 2.45) is 0 Å². The summed E-state index contributed by atoms with van der Waals surface area (Å²) in [6.07, 6.45) is 2.25. The molecule has 0 bridgehead atoms. The number of rotatable bonds is 5. The lowest BCUT2D eigenvalue weighted by Crippen LogP contribution is -2.16. The molecule has 0 heterocycles. The first-order chi connectivity index (χ1) is 9.19. The van der Waals surface area contributed by atoms with E-state index in [9.17, 15) is 0 Å². The van der Waals surface area contributed by atoms with Crippen molar-refractivity contribution in [1.29, 1.82) is 0 Å². The van der Waals surface area contributed by atoms with Crippen LogP contribution < -0.4 is 0 Å². The van der Waals surface area contributed by atoms with E-state index in [0.29, 0.717) is 0 Å². The molecule has 0 amide bonds. The maximum Gasteiger partial charge on any atom is 0.0364 e. The predicted molar refractivity (Wildman–Crippen MR) is 90.5 cm³/mol. The highest BCUT2D eigenvalue weighted by Gasteiger charge is 2.03. The second-order valence-electron chi connectivity index (χ2n) is 3.92. The average molecular weight is 263 g/mol. The fourth-order valence-corrected chi connectivity index (χ4v) is 1.62. The molecule has 0 unspecified atom stereocenters. The summed E-state index contributed by atoms with van der Waals surface area (Å²) in [7, 11) is 2.10. The Morgan fingerprint density at radius 3 is 1.84 bits per heavy atom. The van der Waals surface area contributed by atoms with E-state index in [2.05, 4.69) is 56.6 Å². The van der Waals surface area contributed by atoms with Crippen molar-refractivity contribution in [3.8, 4) is 0 Å². The van der Waals surface area contributed by atoms with Gasteiger partial charge >= 0.3 is 0 Å². The number of hydrogen-bond donors (Lipinski definition) is 0. The zero-order valence-electron chi connectivity index (χ0n) is 14.1. The summed E-state index contributed by atoms with van der Waals surface area (Å²) in [6, 6.07) is 8.68. The van der Waals surface area contributed by atoms with Crippen LogP contribution in [0.15, 0.2) is 30.8 Å². The molecule has 19 heavy (non-hydrogen) atoms. The molecule has 0 atom stereocenters. The summed E-state index contributed by atoms with van der Waals surface area (Å²) in [5.41, 5.74) is 3.72. The Balaban J connectivity index is 0. The minimum atomic E-state index is 1.06. The lowest BCUT2D eigenvalue weighted by molar-refractivity contribution is 0.478. The molecular weight excluding hydrogens is 230 g/mol. The van der Waals surface area contributed by atoms with Crippen LogP contribution in [0, 0.1) is 0 Å². The van der Waals surface area contributed by atoms with Gasteiger partial charge in [0.1, 0.15) is 0 Å². The van der Waals surface area contributed by atoms with Crippen LogP contribution in [0.1, 0.15) is 59.1 Å². The van der Waals surface area contributed by atoms with Crippen LogP contribution >= 0.6 is 0 Å². The van der Waals surface area contributed by atoms with Gasteiger partial charge in [0.15, 0.2) is 0 Å². The van der Waals surface area contributed by atoms with Crippen LogP contribution in [-0.2, 0) is 6.42 Å². The van der Waals surface area contributed by atoms with E-state index in [1.807, 2.05) is 27.7 Å². The zero-order valence-corrected chi connectivity index (χ0v) is 14.1. The quantitative estimate of drug-likeness (QED) is 0.667. The summed E-state index contributed by atoms with van der Waals surface area (Å²) >= 11 is 0. The third-order valence-electron chi connectivity index (χ3n) is 2.72. The number of hydrogen-bond acceptors (Lipinski definition) is 1. The first-order valence-electron chi connectivity index (χ1n) is 7.68. The molecule has 0 radical (unpaired) electrons. The second-order valence-corrected chi connectivity index (χ2v) is 3.92. The Kier molecular flexibility index (Phi) is 14.0. The number of nitrogens with zero attached hydrogens (tertiary/aromatic N) is 1. The number of aryl methyl sites for hydroxylation is 1. The topological polar surface area (TPSA) is 3.24 Å². The molecule has 0 fully saturated rings. The van der Waals surface area contributed by atoms with Gasteiger partial charge in [0, 0.05) is 19.3 Å². The van der Waals surface area contributed by atoms with Crippen LogP contribution in [0.4, 0.5) is 0 Å². The van der Waals surface area contributed by atoms with E-state index in [1.54, 1.807) is 0 Å². The van der Waals surface area contributed by atoms with Crippen molar-refractivity contribution in [3.05, 3.63) is 42.0 Å². The van der Waals surface area contributed by atoms with Gasteiger partial charge in [-0.1, -0.05) is 72.4 Å². The van der Waals surface area contributed by atoms with E-state index in [1.165, 1.54) is 11.1 Å². The van der Waals surface area contributed by atoms with Gasteiger partial charge in [0.2, 0.25) is 0 Å². The Labute approximate surface area is 121 Å². The van der Waals surface area contributed by atoms with Gasteiger partial charge in [-0.25, -0.2) is 0 Å². The minimum Gasteiger partial charge on any atom is -0.375 e. The molecule has 110 valence electrons. The van der Waals surface area contributed by atoms with Crippen LogP contribution in [0.3, 0.4) is 0 Å². The lowest BCUT2D eigenvalue weighted by atomic mass is 10.1. The molecule has 1 aromatic rings. The van der Waals surface area contributed by atoms with Gasteiger partial charge in [-0.3, -0.25) is 0 Å². The van der Waals surface area contributed by atoms with E-state index in [4.69, 9.17) is 0 Å². The molecule has 0 saturated heterocycles. The van der Waals surface area contributed by atoms with Gasteiger partial charge in [-0.2, -0.15) is 0 Å². The van der Waals surface area contributed by atoms with Crippen molar-refractivity contribution >= 4 is 5.70 Å². The largest absolute Gasteiger partial charge is 0.375 e. The van der Waals surface area contributed by atoms with Crippen LogP contribution in [-0.4, -0.2) is 18.5 Å². The highest BCUT2D eigenvalue weighted by atomic mass is 15.1. The van der Waals surface area contributed by atoms with Gasteiger partial charge < -0.3 is 4.90 Å². The van der Waals surface area contributed by atoms with Crippen LogP contribution in [0.5, 0.6) is 0 Å². The molecule has 0 aliphatic heterocycles. The molecule has 0 aliphatic rings. The Bertz CT molecular complexity index is 311. The predicted octanol–water partition coefficient (Wildman–Crippen LogP) is 5.61. The Morgan fingerprint density at radius 2 is 1.47 bits per heavy atom. The molecular formula is C18H33N. The molecule has 0 aromatic heterocycles. The maximum atomic E-state index is 4.12. The van der Waals surface area contributed by atoms with E-state index >= 15 is 0 Å². The maximum absolute atomic E-state index is 4.12. The lowest BCUT2D eigenvalue weighted by Gasteiger charge is -2.21. The summed E-state index contributed by atoms with van der Waals surface area (Å²) < 4.78 is 0. The van der Waals surface area contributed by atoms with E-state index in [-0.39, 0.29) is 0 Å². The highest BCUT2D eigenvalue weighted by Crippen LogP contribution is 2.16. The van der Waals surface area contributed by atoms with Gasteiger partial charge in [-0.15, -0.1) is 0 Å². The molecule has 1 aromatic carbocycles. The fraction of sp³-hybridized carbons (Fsp3) is 0.556. The summed E-state index contributed by atoms with van der Waals surface area (Å²) in [5, 5.41) is 0. The Hall–Kier alpha value is -1.24. The van der Waals surface area contributed by atoms with Gasteiger partial charge in [0.25, 0.3) is 0 Å². The highest BCUT2D eigenvalue weighted by molar-refractivity contribution is 5.61. The van der Waals surface area contributed by atoms with Crippen molar-refractivity contribution in [2.45, 2.75) is 54.4 Å². The molecule has 1 heteroatoms. The summed E-state index contributed by atoms with van der Waals surface area (Å²) in [6.45, 7) is 17.5. The molecule has 1 rings (SSSR count). The third kappa shape index (κ3) is 7.71. The standard InChI is InChI=1S/C14H21N.2C2H6/c1-5-11-15(4)12(3)14-9-7-13(6-2)8-10-14;2*1-2/h7-10H,3,5-6,11H2,1-2,4H3;2*1-2H3. The molecule has 0 spiro atoms. The van der Waals surface area contributed by atoms with E-state index in [0.717, 1.165) is 25.1 Å². The Morgan fingerprint density at radius 1 is 1.00 bits per heavy atom. The smallest absolute Gasteiger partial charge is 0.0364 e. The first kappa shape index (κ1) is 20.1. The molecule has 0 N–H and O–H groups in total. The molecule has 0 aliphatic carbocycles. The van der Waals surface area contributed by atoms with Gasteiger partial charge in [0.05, 0.1) is 0 Å². The summed E-state index contributed by atoms with van der Waals surface area (Å²) in [4.78, 5) is 2.21. The van der Waals surface area contributed by atoms with Gasteiger partial charge in [-0.05, 0) is 24.0 Å². The fourth-order valence-electron chi connectivity index (χ4n) is 1.62. The third-order valence-corrected chi connectivity index (χ3v) is 2.72. The average Bonchev–Trinajstić information content (AvgIpc) is 2.51. The van der Waals surface area contributed by atoms with Crippen LogP contribution in [0.2, 0.25) is 0 Å². The first-order valence-corrected chi connectivity index (χ1v) is 7.68. The van der Waals surface area contributed by atoms with Crippen LogP contribution in [0.25, 0.3) is 5.70 Å². The molecule has 1 nitrogen and oxygen atoms in total. The van der Waals surface area contributed by atoms with Crippen molar-refractivity contribution < 1.29 is 0 Å². The monoisotopic (exact) mass is 263 g/mol. The van der Waals surface area contributed by atoms with E-state index < -0.39 is 0 Å². The van der Waals surface area contributed by atoms with Crippen molar-refractivity contribution in [3.63, 3.8) is 0 Å². The van der Waals surface area contributed by atoms with Crippen molar-refractivity contribution in [2.75, 3.05) is 13.6 Å². The van der Waals surface area contributed by atoms with Crippen molar-refractivity contribution in [1.82, 2.24) is 4.90 Å². The SMILES string of the molecule is C=C(c1ccc(CC)cc1)N(C)CCC.CC.CC. The zero-order chi connectivity index (χ0) is 15.3. The minimum absolute atomic E-state index is 1.06. The summed E-state index contributed by atoms with van der Waals surface area (Å²) in [5.74, 6) is 0. The molecule has 0 saturated carbocycles.